The molecule has 1 amide bonds. The predicted octanol–water partition coefficient (Wildman–Crippen LogP) is 2.54. The number of rotatable bonds is 4. The molecular weight excluding hydrogens is 352 g/mol. The predicted molar refractivity (Wildman–Crippen MR) is 109 cm³/mol. The zero-order valence-corrected chi connectivity index (χ0v) is 16.3. The second-order valence-electron chi connectivity index (χ2n) is 7.71. The molecule has 28 heavy (non-hydrogen) atoms. The van der Waals surface area contributed by atoms with E-state index in [0.717, 1.165) is 40.7 Å². The number of H-pyrrole nitrogens is 1. The first-order chi connectivity index (χ1) is 13.5. The SMILES string of the molecule is Cc1ccc2[nH]c(C(=O)N[C@@H]3CCN(Cc4cccnc4)C[C@H]3O)c(C)c2c1. The molecule has 3 heterocycles. The van der Waals surface area contributed by atoms with Crippen molar-refractivity contribution in [2.45, 2.75) is 39.0 Å². The van der Waals surface area contributed by atoms with Crippen LogP contribution in [0.15, 0.2) is 42.7 Å². The van der Waals surface area contributed by atoms with Crippen LogP contribution in [-0.2, 0) is 6.54 Å². The summed E-state index contributed by atoms with van der Waals surface area (Å²) in [4.78, 5) is 22.4. The average molecular weight is 378 g/mol. The first kappa shape index (κ1) is 18.7. The highest BCUT2D eigenvalue weighted by atomic mass is 16.3. The molecule has 0 unspecified atom stereocenters. The first-order valence-electron chi connectivity index (χ1n) is 9.70. The Morgan fingerprint density at radius 1 is 1.36 bits per heavy atom. The molecule has 146 valence electrons. The van der Waals surface area contributed by atoms with Gasteiger partial charge < -0.3 is 15.4 Å². The van der Waals surface area contributed by atoms with Crippen molar-refractivity contribution >= 4 is 16.8 Å². The maximum absolute atomic E-state index is 12.8. The smallest absolute Gasteiger partial charge is 0.268 e. The summed E-state index contributed by atoms with van der Waals surface area (Å²) in [6.45, 7) is 6.11. The van der Waals surface area contributed by atoms with E-state index in [1.807, 2.05) is 44.3 Å². The van der Waals surface area contributed by atoms with E-state index in [1.165, 1.54) is 0 Å². The number of carbonyl (C=O) groups is 1. The summed E-state index contributed by atoms with van der Waals surface area (Å²) in [7, 11) is 0. The minimum absolute atomic E-state index is 0.156. The van der Waals surface area contributed by atoms with E-state index in [9.17, 15) is 9.90 Å². The number of likely N-dealkylation sites (tertiary alicyclic amines) is 1. The van der Waals surface area contributed by atoms with Gasteiger partial charge in [0, 0.05) is 42.9 Å². The molecule has 0 spiro atoms. The van der Waals surface area contributed by atoms with Crippen LogP contribution in [0.3, 0.4) is 0 Å². The van der Waals surface area contributed by atoms with Crippen molar-refractivity contribution in [3.05, 3.63) is 65.1 Å². The topological polar surface area (TPSA) is 81.2 Å². The standard InChI is InChI=1S/C22H26N4O2/c1-14-5-6-18-17(10-14)15(2)21(24-18)22(28)25-19-7-9-26(13-20(19)27)12-16-4-3-8-23-11-16/h3-6,8,10-11,19-20,24,27H,7,9,12-13H2,1-2H3,(H,25,28)/t19-,20-/m1/s1. The minimum atomic E-state index is -0.596. The third-order valence-corrected chi connectivity index (χ3v) is 5.55. The van der Waals surface area contributed by atoms with Crippen LogP contribution < -0.4 is 5.32 Å². The van der Waals surface area contributed by atoms with Crippen LogP contribution in [0.25, 0.3) is 10.9 Å². The van der Waals surface area contributed by atoms with Gasteiger partial charge in [0.2, 0.25) is 0 Å². The van der Waals surface area contributed by atoms with E-state index in [2.05, 4.69) is 26.3 Å². The number of nitrogens with one attached hydrogen (secondary N) is 2. The second kappa shape index (κ2) is 7.73. The lowest BCUT2D eigenvalue weighted by atomic mass is 10.0. The number of aryl methyl sites for hydroxylation is 2. The summed E-state index contributed by atoms with van der Waals surface area (Å²) in [5.74, 6) is -0.156. The maximum Gasteiger partial charge on any atom is 0.268 e. The number of aliphatic hydroxyl groups is 1. The molecule has 3 N–H and O–H groups in total. The number of fused-ring (bicyclic) bond motifs is 1. The summed E-state index contributed by atoms with van der Waals surface area (Å²) in [6.07, 6.45) is 3.72. The largest absolute Gasteiger partial charge is 0.390 e. The van der Waals surface area contributed by atoms with Crippen LogP contribution in [0.4, 0.5) is 0 Å². The van der Waals surface area contributed by atoms with Gasteiger partial charge in [-0.05, 0) is 49.6 Å². The lowest BCUT2D eigenvalue weighted by Gasteiger charge is -2.36. The van der Waals surface area contributed by atoms with E-state index in [-0.39, 0.29) is 11.9 Å². The summed E-state index contributed by atoms with van der Waals surface area (Å²) < 4.78 is 0. The fraction of sp³-hybridized carbons (Fsp3) is 0.364. The molecule has 0 radical (unpaired) electrons. The Kier molecular flexibility index (Phi) is 5.15. The van der Waals surface area contributed by atoms with Crippen molar-refractivity contribution < 1.29 is 9.90 Å². The number of aromatic amines is 1. The van der Waals surface area contributed by atoms with E-state index in [4.69, 9.17) is 0 Å². The van der Waals surface area contributed by atoms with Crippen molar-refractivity contribution in [3.8, 4) is 0 Å². The third kappa shape index (κ3) is 3.79. The van der Waals surface area contributed by atoms with Crippen molar-refractivity contribution in [1.29, 1.82) is 0 Å². The Bertz CT molecular complexity index is 983. The van der Waals surface area contributed by atoms with Gasteiger partial charge in [-0.15, -0.1) is 0 Å². The van der Waals surface area contributed by atoms with E-state index in [0.29, 0.717) is 18.7 Å². The fourth-order valence-corrected chi connectivity index (χ4v) is 3.97. The molecule has 1 aliphatic rings. The number of aromatic nitrogens is 2. The molecule has 0 saturated carbocycles. The number of amides is 1. The molecule has 3 aromatic rings. The van der Waals surface area contributed by atoms with Crippen LogP contribution in [0.5, 0.6) is 0 Å². The van der Waals surface area contributed by atoms with Gasteiger partial charge in [-0.3, -0.25) is 14.7 Å². The van der Waals surface area contributed by atoms with Gasteiger partial charge in [-0.25, -0.2) is 0 Å². The average Bonchev–Trinajstić information content (AvgIpc) is 3.01. The van der Waals surface area contributed by atoms with Crippen LogP contribution in [0.2, 0.25) is 0 Å². The Morgan fingerprint density at radius 3 is 2.96 bits per heavy atom. The van der Waals surface area contributed by atoms with Crippen molar-refractivity contribution in [2.75, 3.05) is 13.1 Å². The number of carbonyl (C=O) groups excluding carboxylic acids is 1. The van der Waals surface area contributed by atoms with Gasteiger partial charge in [0.15, 0.2) is 0 Å². The number of aliphatic hydroxyl groups excluding tert-OH is 1. The summed E-state index contributed by atoms with van der Waals surface area (Å²) in [6, 6.07) is 9.83. The zero-order chi connectivity index (χ0) is 19.7. The highest BCUT2D eigenvalue weighted by Crippen LogP contribution is 2.23. The number of piperidine rings is 1. The van der Waals surface area contributed by atoms with Gasteiger partial charge in [-0.1, -0.05) is 17.7 Å². The molecule has 1 aliphatic heterocycles. The summed E-state index contributed by atoms with van der Waals surface area (Å²) in [5, 5.41) is 14.7. The molecule has 2 atom stereocenters. The number of benzene rings is 1. The molecular formula is C22H26N4O2. The molecule has 0 aliphatic carbocycles. The Balaban J connectivity index is 1.41. The zero-order valence-electron chi connectivity index (χ0n) is 16.3. The number of hydrogen-bond acceptors (Lipinski definition) is 4. The minimum Gasteiger partial charge on any atom is -0.390 e. The monoisotopic (exact) mass is 378 g/mol. The molecule has 4 rings (SSSR count). The highest BCUT2D eigenvalue weighted by Gasteiger charge is 2.30. The van der Waals surface area contributed by atoms with Crippen molar-refractivity contribution in [3.63, 3.8) is 0 Å². The van der Waals surface area contributed by atoms with Gasteiger partial charge in [-0.2, -0.15) is 0 Å². The van der Waals surface area contributed by atoms with Crippen LogP contribution in [0.1, 0.15) is 33.6 Å². The van der Waals surface area contributed by atoms with Crippen LogP contribution in [0, 0.1) is 13.8 Å². The Hall–Kier alpha value is -2.70. The van der Waals surface area contributed by atoms with E-state index < -0.39 is 6.10 Å². The summed E-state index contributed by atoms with van der Waals surface area (Å²) in [5.41, 5.74) is 4.77. The molecule has 0 bridgehead atoms. The molecule has 6 nitrogen and oxygen atoms in total. The third-order valence-electron chi connectivity index (χ3n) is 5.55. The lowest BCUT2D eigenvalue weighted by molar-refractivity contribution is 0.0348. The fourth-order valence-electron chi connectivity index (χ4n) is 3.97. The maximum atomic E-state index is 12.8. The first-order valence-corrected chi connectivity index (χ1v) is 9.70. The Morgan fingerprint density at radius 2 is 2.21 bits per heavy atom. The van der Waals surface area contributed by atoms with Crippen LogP contribution in [-0.4, -0.2) is 51.1 Å². The van der Waals surface area contributed by atoms with Crippen LogP contribution >= 0.6 is 0 Å². The molecule has 1 fully saturated rings. The van der Waals surface area contributed by atoms with Crippen molar-refractivity contribution in [2.24, 2.45) is 0 Å². The summed E-state index contributed by atoms with van der Waals surface area (Å²) >= 11 is 0. The van der Waals surface area contributed by atoms with E-state index in [1.54, 1.807) is 6.20 Å². The molecule has 6 heteroatoms. The van der Waals surface area contributed by atoms with Gasteiger partial charge in [0.25, 0.3) is 5.91 Å². The Labute approximate surface area is 164 Å². The number of hydrogen-bond donors (Lipinski definition) is 3. The van der Waals surface area contributed by atoms with E-state index >= 15 is 0 Å². The number of nitrogens with zero attached hydrogens (tertiary/aromatic N) is 2. The van der Waals surface area contributed by atoms with Gasteiger partial charge in [0.05, 0.1) is 12.1 Å². The number of β-amino-alcohol motifs (C(OH)–C–C–N with tert-alkyl or cyclic N) is 1. The second-order valence-corrected chi connectivity index (χ2v) is 7.71. The lowest BCUT2D eigenvalue weighted by Crippen LogP contribution is -2.53. The highest BCUT2D eigenvalue weighted by molar-refractivity contribution is 6.01. The quantitative estimate of drug-likeness (QED) is 0.652. The van der Waals surface area contributed by atoms with Gasteiger partial charge in [0.1, 0.15) is 5.69 Å². The molecule has 1 aromatic carbocycles. The number of pyridine rings is 1. The molecule has 1 saturated heterocycles. The normalized spacial score (nSPS) is 20.4. The van der Waals surface area contributed by atoms with Gasteiger partial charge >= 0.3 is 0 Å². The van der Waals surface area contributed by atoms with Crippen molar-refractivity contribution in [1.82, 2.24) is 20.2 Å². The molecule has 2 aromatic heterocycles.